The first-order chi connectivity index (χ1) is 14.5. The van der Waals surface area contributed by atoms with Crippen molar-refractivity contribution in [1.29, 1.82) is 0 Å². The van der Waals surface area contributed by atoms with Crippen molar-refractivity contribution in [2.75, 3.05) is 26.2 Å². The number of carbonyl (C=O) groups is 2. The van der Waals surface area contributed by atoms with E-state index < -0.39 is 0 Å². The first kappa shape index (κ1) is 20.6. The van der Waals surface area contributed by atoms with Gasteiger partial charge in [-0.05, 0) is 18.6 Å². The topological polar surface area (TPSA) is 70.5 Å². The minimum atomic E-state index is 0.0423. The largest absolute Gasteiger partial charge is 0.354 e. The van der Waals surface area contributed by atoms with Crippen LogP contribution in [0.1, 0.15) is 48.8 Å². The lowest BCUT2D eigenvalue weighted by molar-refractivity contribution is -0.121. The fourth-order valence-electron chi connectivity index (χ4n) is 4.59. The Morgan fingerprint density at radius 1 is 1.20 bits per heavy atom. The van der Waals surface area contributed by atoms with Crippen LogP contribution in [-0.4, -0.2) is 69.4 Å². The number of fused-ring (bicyclic) bond motifs is 2. The second-order valence-electron chi connectivity index (χ2n) is 8.60. The fourth-order valence-corrected chi connectivity index (χ4v) is 4.59. The minimum absolute atomic E-state index is 0.0423. The van der Waals surface area contributed by atoms with Crippen LogP contribution in [0.3, 0.4) is 0 Å². The molecule has 3 atom stereocenters. The molecule has 1 unspecified atom stereocenters. The summed E-state index contributed by atoms with van der Waals surface area (Å²) in [6.07, 6.45) is 5.15. The summed E-state index contributed by atoms with van der Waals surface area (Å²) in [7, 11) is 0. The second kappa shape index (κ2) is 9.00. The molecule has 0 aliphatic carbocycles. The van der Waals surface area contributed by atoms with Gasteiger partial charge in [-0.2, -0.15) is 0 Å². The average molecular weight is 410 g/mol. The summed E-state index contributed by atoms with van der Waals surface area (Å²) >= 11 is 0. The van der Waals surface area contributed by atoms with E-state index in [4.69, 9.17) is 0 Å². The number of carbonyl (C=O) groups excluding carboxylic acids is 2. The molecule has 0 radical (unpaired) electrons. The van der Waals surface area contributed by atoms with Crippen LogP contribution in [0.4, 0.5) is 0 Å². The van der Waals surface area contributed by atoms with Crippen molar-refractivity contribution in [2.24, 2.45) is 0 Å². The molecule has 3 heterocycles. The lowest BCUT2D eigenvalue weighted by Crippen LogP contribution is -2.57. The molecular weight excluding hydrogens is 378 g/mol. The number of piperazine rings is 1. The quantitative estimate of drug-likeness (QED) is 0.760. The smallest absolute Gasteiger partial charge is 0.254 e. The van der Waals surface area contributed by atoms with E-state index in [1.807, 2.05) is 41.4 Å². The maximum Gasteiger partial charge on any atom is 0.254 e. The van der Waals surface area contributed by atoms with E-state index in [1.165, 1.54) is 0 Å². The summed E-state index contributed by atoms with van der Waals surface area (Å²) in [5.41, 5.74) is 0.738. The number of aromatic nitrogens is 2. The lowest BCUT2D eigenvalue weighted by Gasteiger charge is -2.40. The number of imidazole rings is 1. The number of amides is 2. The Kier molecular flexibility index (Phi) is 6.18. The molecule has 0 saturated carbocycles. The molecule has 2 amide bonds. The molecule has 2 aliphatic heterocycles. The zero-order chi connectivity index (χ0) is 21.1. The number of nitrogens with zero attached hydrogens (tertiary/aromatic N) is 4. The maximum absolute atomic E-state index is 13.0. The van der Waals surface area contributed by atoms with Gasteiger partial charge in [-0.15, -0.1) is 0 Å². The van der Waals surface area contributed by atoms with Gasteiger partial charge in [0.2, 0.25) is 5.91 Å². The van der Waals surface area contributed by atoms with Gasteiger partial charge in [-0.25, -0.2) is 4.98 Å². The molecule has 1 N–H and O–H groups in total. The summed E-state index contributed by atoms with van der Waals surface area (Å²) < 4.78 is 2.05. The number of hydrogen-bond donors (Lipinski definition) is 1. The first-order valence-corrected chi connectivity index (χ1v) is 10.9. The van der Waals surface area contributed by atoms with Crippen molar-refractivity contribution in [3.05, 3.63) is 54.1 Å². The normalized spacial score (nSPS) is 23.0. The Bertz CT molecular complexity index is 879. The molecule has 1 aromatic carbocycles. The summed E-state index contributed by atoms with van der Waals surface area (Å²) in [5, 5.41) is 3.09. The molecule has 2 fully saturated rings. The standard InChI is InChI=1S/C23H31N5O2/c1-17(2)22-24-10-13-26(22)12-9-21(29)25-14-20-16-28(19-8-11-27(20)15-19)23(30)18-6-4-3-5-7-18/h3-7,10,13,17,19-20H,8-9,11-12,14-16H2,1-2H3,(H,25,29)/t19-,20+/m0/s1. The van der Waals surface area contributed by atoms with Gasteiger partial charge >= 0.3 is 0 Å². The van der Waals surface area contributed by atoms with Crippen LogP contribution in [0.2, 0.25) is 0 Å². The molecule has 7 heteroatoms. The zero-order valence-electron chi connectivity index (χ0n) is 17.8. The van der Waals surface area contributed by atoms with Crippen molar-refractivity contribution in [1.82, 2.24) is 24.7 Å². The van der Waals surface area contributed by atoms with Gasteiger partial charge in [0, 0.05) is 75.1 Å². The molecule has 2 saturated heterocycles. The van der Waals surface area contributed by atoms with E-state index in [0.717, 1.165) is 30.9 Å². The van der Waals surface area contributed by atoms with Crippen molar-refractivity contribution in [2.45, 2.75) is 51.2 Å². The van der Waals surface area contributed by atoms with E-state index >= 15 is 0 Å². The van der Waals surface area contributed by atoms with E-state index in [-0.39, 0.29) is 23.9 Å². The summed E-state index contributed by atoms with van der Waals surface area (Å²) in [6.45, 7) is 7.96. The predicted octanol–water partition coefficient (Wildman–Crippen LogP) is 2.11. The Balaban J connectivity index is 1.31. The highest BCUT2D eigenvalue weighted by molar-refractivity contribution is 5.94. The molecular formula is C23H31N5O2. The van der Waals surface area contributed by atoms with Crippen molar-refractivity contribution >= 4 is 11.8 Å². The third-order valence-electron chi connectivity index (χ3n) is 6.22. The monoisotopic (exact) mass is 409 g/mol. The van der Waals surface area contributed by atoms with Crippen LogP contribution in [0, 0.1) is 0 Å². The number of nitrogens with one attached hydrogen (secondary N) is 1. The van der Waals surface area contributed by atoms with Gasteiger partial charge in [0.05, 0.1) is 0 Å². The van der Waals surface area contributed by atoms with Gasteiger partial charge in [0.15, 0.2) is 0 Å². The van der Waals surface area contributed by atoms with Gasteiger partial charge in [-0.3, -0.25) is 14.5 Å². The van der Waals surface area contributed by atoms with E-state index in [1.54, 1.807) is 6.20 Å². The van der Waals surface area contributed by atoms with Crippen LogP contribution in [0.5, 0.6) is 0 Å². The Morgan fingerprint density at radius 2 is 2.00 bits per heavy atom. The molecule has 2 bridgehead atoms. The SMILES string of the molecule is CC(C)c1nccn1CCC(=O)NC[C@@H]1CN(C(=O)c2ccccc2)[C@H]2CCN1C2. The first-order valence-electron chi connectivity index (χ1n) is 10.9. The third-order valence-corrected chi connectivity index (χ3v) is 6.22. The molecule has 160 valence electrons. The Labute approximate surface area is 178 Å². The van der Waals surface area contributed by atoms with E-state index in [2.05, 4.69) is 33.6 Å². The summed E-state index contributed by atoms with van der Waals surface area (Å²) in [5.74, 6) is 1.48. The number of benzene rings is 1. The highest BCUT2D eigenvalue weighted by Crippen LogP contribution is 2.26. The second-order valence-corrected chi connectivity index (χ2v) is 8.60. The van der Waals surface area contributed by atoms with Gasteiger partial charge < -0.3 is 14.8 Å². The van der Waals surface area contributed by atoms with Crippen molar-refractivity contribution < 1.29 is 9.59 Å². The average Bonchev–Trinajstić information content (AvgIpc) is 3.40. The van der Waals surface area contributed by atoms with Crippen molar-refractivity contribution in [3.63, 3.8) is 0 Å². The van der Waals surface area contributed by atoms with Crippen LogP contribution in [0.25, 0.3) is 0 Å². The van der Waals surface area contributed by atoms with Gasteiger partial charge in [0.1, 0.15) is 5.82 Å². The zero-order valence-corrected chi connectivity index (χ0v) is 17.8. The highest BCUT2D eigenvalue weighted by Gasteiger charge is 2.40. The molecule has 2 aliphatic rings. The predicted molar refractivity (Wildman–Crippen MR) is 115 cm³/mol. The number of rotatable bonds is 7. The van der Waals surface area contributed by atoms with Gasteiger partial charge in [0.25, 0.3) is 5.91 Å². The Morgan fingerprint density at radius 3 is 2.77 bits per heavy atom. The molecule has 1 aromatic heterocycles. The summed E-state index contributed by atoms with van der Waals surface area (Å²) in [6, 6.07) is 9.93. The van der Waals surface area contributed by atoms with Crippen LogP contribution in [0.15, 0.2) is 42.7 Å². The summed E-state index contributed by atoms with van der Waals surface area (Å²) in [4.78, 5) is 34.3. The Hall–Kier alpha value is -2.67. The third kappa shape index (κ3) is 4.41. The van der Waals surface area contributed by atoms with Crippen LogP contribution in [-0.2, 0) is 11.3 Å². The number of aryl methyl sites for hydroxylation is 1. The van der Waals surface area contributed by atoms with Gasteiger partial charge in [-0.1, -0.05) is 32.0 Å². The van der Waals surface area contributed by atoms with E-state index in [0.29, 0.717) is 32.0 Å². The minimum Gasteiger partial charge on any atom is -0.354 e. The molecule has 7 nitrogen and oxygen atoms in total. The fraction of sp³-hybridized carbons (Fsp3) is 0.522. The number of hydrogen-bond acceptors (Lipinski definition) is 4. The van der Waals surface area contributed by atoms with Crippen LogP contribution < -0.4 is 5.32 Å². The van der Waals surface area contributed by atoms with E-state index in [9.17, 15) is 9.59 Å². The highest BCUT2D eigenvalue weighted by atomic mass is 16.2. The van der Waals surface area contributed by atoms with Crippen LogP contribution >= 0.6 is 0 Å². The molecule has 4 rings (SSSR count). The van der Waals surface area contributed by atoms with Crippen molar-refractivity contribution in [3.8, 4) is 0 Å². The molecule has 30 heavy (non-hydrogen) atoms. The molecule has 0 spiro atoms. The molecule has 2 aromatic rings. The maximum atomic E-state index is 13.0. The lowest BCUT2D eigenvalue weighted by atomic mass is 10.1.